The van der Waals surface area contributed by atoms with Crippen molar-refractivity contribution >= 4 is 86.2 Å². The van der Waals surface area contributed by atoms with Crippen molar-refractivity contribution in [1.29, 1.82) is 0 Å². The smallest absolute Gasteiger partial charge is 0.195 e. The second-order valence-corrected chi connectivity index (χ2v) is 27.3. The zero-order valence-corrected chi connectivity index (χ0v) is 49.6. The summed E-state index contributed by atoms with van der Waals surface area (Å²) >= 11 is 0. The Labute approximate surface area is 486 Å². The van der Waals surface area contributed by atoms with Crippen molar-refractivity contribution in [3.05, 3.63) is 253 Å². The molecule has 0 aromatic heterocycles. The van der Waals surface area contributed by atoms with Crippen LogP contribution in [0.2, 0.25) is 0 Å². The first-order chi connectivity index (χ1) is 39.7. The Morgan fingerprint density at radius 1 is 0.202 bits per heavy atom. The molecule has 0 N–H and O–H groups in total. The number of fused-ring (bicyclic) bond motifs is 8. The van der Waals surface area contributed by atoms with Crippen LogP contribution in [-0.4, -0.2) is 0 Å². The van der Waals surface area contributed by atoms with Crippen LogP contribution in [0.3, 0.4) is 0 Å². The molecule has 84 heavy (non-hydrogen) atoms. The minimum absolute atomic E-state index is 0.142. The van der Waals surface area contributed by atoms with Gasteiger partial charge in [0.25, 0.3) is 0 Å². The summed E-state index contributed by atoms with van der Waals surface area (Å²) < 4.78 is 0. The molecule has 0 saturated carbocycles. The Bertz CT molecular complexity index is 4680. The molecule has 412 valence electrons. The largest absolute Gasteiger partial charge is 0.289 e. The fourth-order valence-corrected chi connectivity index (χ4v) is 13.1. The Kier molecular flexibility index (Phi) is 12.0. The van der Waals surface area contributed by atoms with E-state index in [4.69, 9.17) is 0 Å². The molecule has 6 heteroatoms. The molecule has 0 aliphatic heterocycles. The van der Waals surface area contributed by atoms with E-state index >= 15 is 28.8 Å². The molecule has 13 rings (SSSR count). The topological polar surface area (TPSA) is 102 Å². The molecular formula is C78H64O6. The summed E-state index contributed by atoms with van der Waals surface area (Å²) in [4.78, 5) is 94.1. The third-order valence-corrected chi connectivity index (χ3v) is 17.8. The normalized spacial score (nSPS) is 12.8. The number of benzene rings is 13. The lowest BCUT2D eigenvalue weighted by atomic mass is 9.80. The van der Waals surface area contributed by atoms with Crippen LogP contribution in [-0.2, 0) is 21.7 Å². The molecule has 0 fully saturated rings. The quantitative estimate of drug-likeness (QED) is 0.163. The fraction of sp³-hybridized carbons (Fsp3) is 0.205. The van der Waals surface area contributed by atoms with Crippen molar-refractivity contribution in [3.63, 3.8) is 0 Å². The van der Waals surface area contributed by atoms with Gasteiger partial charge in [-0.2, -0.15) is 0 Å². The second kappa shape index (κ2) is 18.6. The average molecular weight is 1100 g/mol. The van der Waals surface area contributed by atoms with Gasteiger partial charge in [-0.25, -0.2) is 0 Å². The lowest BCUT2D eigenvalue weighted by Gasteiger charge is -2.22. The van der Waals surface area contributed by atoms with E-state index in [0.717, 1.165) is 22.3 Å². The lowest BCUT2D eigenvalue weighted by molar-refractivity contribution is 0.590. The van der Waals surface area contributed by atoms with Gasteiger partial charge < -0.3 is 0 Å². The standard InChI is InChI=1S/C78H64O6/c1-75(2,3)45-29-21-41(22-30-45)61-53-37-57-58(38-54(53)62(42-23-31-46(32-24-42)76(4,5)6)66-65(61)71(81)49-17-13-14-18-50(49)72(66)82)70(80)60-40-56-55(39-59(60)69(57)79)63(43-25-33-47(34-26-43)77(7,8)9)67-68(74(84)52-20-16-15-19-51(52)73(67)83)64(56)44-27-35-48(36-28-44)78(10,11)12/h13-40H,1-12H3. The van der Waals surface area contributed by atoms with Crippen LogP contribution in [0.1, 0.15) is 105 Å². The summed E-state index contributed by atoms with van der Waals surface area (Å²) in [6, 6.07) is 53.1. The highest BCUT2D eigenvalue weighted by Gasteiger charge is 2.29. The minimum Gasteiger partial charge on any atom is -0.289 e. The molecule has 0 amide bonds. The first-order valence-electron chi connectivity index (χ1n) is 29.0. The molecule has 0 aliphatic rings. The molecule has 0 saturated heterocycles. The fourth-order valence-electron chi connectivity index (χ4n) is 13.1. The SMILES string of the molecule is CC(C)(C)c1ccc(-c2c3cc4c(=O)c5cc6c(-c7ccc(C(C)(C)C)cc7)c7c(=O)c8ccccc8c(=O)c7c(-c7ccc(C(C)(C)C)cc7)c6cc5c(=O)c4cc3c(-c3ccc(C(C)(C)C)cc3)c3c(=O)c4ccccc4c(=O)c23)cc1. The van der Waals surface area contributed by atoms with Crippen molar-refractivity contribution in [3.8, 4) is 44.5 Å². The molecule has 0 unspecified atom stereocenters. The molecule has 0 bridgehead atoms. The highest BCUT2D eigenvalue weighted by molar-refractivity contribution is 6.28. The molecule has 0 radical (unpaired) electrons. The van der Waals surface area contributed by atoms with E-state index in [1.54, 1.807) is 72.8 Å². The summed E-state index contributed by atoms with van der Waals surface area (Å²) in [7, 11) is 0. The van der Waals surface area contributed by atoms with Gasteiger partial charge in [0.15, 0.2) is 32.6 Å². The Hall–Kier alpha value is -9.26. The van der Waals surface area contributed by atoms with E-state index in [0.29, 0.717) is 87.6 Å². The third-order valence-electron chi connectivity index (χ3n) is 17.8. The maximum atomic E-state index is 16.1. The van der Waals surface area contributed by atoms with E-state index in [1.807, 2.05) is 97.1 Å². The summed E-state index contributed by atoms with van der Waals surface area (Å²) in [5.74, 6) is 0. The Balaban J connectivity index is 1.25. The number of hydrogen-bond donors (Lipinski definition) is 0. The van der Waals surface area contributed by atoms with E-state index < -0.39 is 10.9 Å². The van der Waals surface area contributed by atoms with Gasteiger partial charge in [-0.05, 0) is 112 Å². The van der Waals surface area contributed by atoms with Crippen molar-refractivity contribution in [1.82, 2.24) is 0 Å². The van der Waals surface area contributed by atoms with E-state index in [-0.39, 0.29) is 86.5 Å². The first-order valence-corrected chi connectivity index (χ1v) is 29.0. The van der Waals surface area contributed by atoms with Crippen LogP contribution in [0.4, 0.5) is 0 Å². The molecule has 13 aromatic carbocycles. The van der Waals surface area contributed by atoms with Crippen molar-refractivity contribution in [2.45, 2.75) is 105 Å². The van der Waals surface area contributed by atoms with E-state index in [2.05, 4.69) is 83.1 Å². The number of hydrogen-bond acceptors (Lipinski definition) is 6. The first kappa shape index (κ1) is 54.0. The number of rotatable bonds is 4. The van der Waals surface area contributed by atoms with Gasteiger partial charge in [0.05, 0.1) is 0 Å². The van der Waals surface area contributed by atoms with Gasteiger partial charge in [0.2, 0.25) is 0 Å². The van der Waals surface area contributed by atoms with Crippen LogP contribution in [0.5, 0.6) is 0 Å². The van der Waals surface area contributed by atoms with Gasteiger partial charge in [-0.1, -0.05) is 229 Å². The lowest BCUT2D eigenvalue weighted by Crippen LogP contribution is -2.17. The second-order valence-electron chi connectivity index (χ2n) is 27.3. The summed E-state index contributed by atoms with van der Waals surface area (Å²) in [6.07, 6.45) is 0. The van der Waals surface area contributed by atoms with Gasteiger partial charge in [0, 0.05) is 86.9 Å². The monoisotopic (exact) mass is 1100 g/mol. The highest BCUT2D eigenvalue weighted by atomic mass is 16.1. The van der Waals surface area contributed by atoms with E-state index in [1.165, 1.54) is 0 Å². The molecule has 6 nitrogen and oxygen atoms in total. The molecule has 13 aromatic rings. The Morgan fingerprint density at radius 2 is 0.381 bits per heavy atom. The highest BCUT2D eigenvalue weighted by Crippen LogP contribution is 2.47. The molecular weight excluding hydrogens is 1030 g/mol. The predicted octanol–water partition coefficient (Wildman–Crippen LogP) is 17.2. The van der Waals surface area contributed by atoms with Crippen LogP contribution < -0.4 is 32.6 Å². The minimum atomic E-state index is -0.422. The van der Waals surface area contributed by atoms with Crippen LogP contribution in [0.25, 0.3) is 131 Å². The van der Waals surface area contributed by atoms with Gasteiger partial charge in [-0.15, -0.1) is 0 Å². The maximum absolute atomic E-state index is 16.1. The summed E-state index contributed by atoms with van der Waals surface area (Å²) in [6.45, 7) is 25.6. The average Bonchev–Trinajstić information content (AvgIpc) is 0.758. The molecule has 0 spiro atoms. The summed E-state index contributed by atoms with van der Waals surface area (Å²) in [5, 5.41) is 4.83. The van der Waals surface area contributed by atoms with Crippen LogP contribution in [0, 0.1) is 0 Å². The predicted molar refractivity (Wildman–Crippen MR) is 354 cm³/mol. The third kappa shape index (κ3) is 8.27. The Morgan fingerprint density at radius 3 is 0.548 bits per heavy atom. The van der Waals surface area contributed by atoms with Crippen LogP contribution >= 0.6 is 0 Å². The zero-order valence-electron chi connectivity index (χ0n) is 49.6. The van der Waals surface area contributed by atoms with Gasteiger partial charge in [-0.3, -0.25) is 28.8 Å². The van der Waals surface area contributed by atoms with Crippen molar-refractivity contribution in [2.24, 2.45) is 0 Å². The summed E-state index contributed by atoms with van der Waals surface area (Å²) in [5.41, 5.74) is 6.08. The zero-order chi connectivity index (χ0) is 59.4. The van der Waals surface area contributed by atoms with E-state index in [9.17, 15) is 0 Å². The molecule has 0 aliphatic carbocycles. The maximum Gasteiger partial charge on any atom is 0.195 e. The van der Waals surface area contributed by atoms with Crippen molar-refractivity contribution in [2.75, 3.05) is 0 Å². The van der Waals surface area contributed by atoms with Gasteiger partial charge >= 0.3 is 0 Å². The van der Waals surface area contributed by atoms with Crippen molar-refractivity contribution < 1.29 is 0 Å². The van der Waals surface area contributed by atoms with Crippen LogP contribution in [0.15, 0.2) is 199 Å². The van der Waals surface area contributed by atoms with Gasteiger partial charge in [0.1, 0.15) is 0 Å². The molecule has 0 atom stereocenters. The molecule has 0 heterocycles.